The summed E-state index contributed by atoms with van der Waals surface area (Å²) in [5.74, 6) is 0.997. The minimum Gasteiger partial charge on any atom is -0.453 e. The third kappa shape index (κ3) is 8.21. The molecule has 5 heterocycles. The van der Waals surface area contributed by atoms with Gasteiger partial charge in [0.25, 0.3) is 5.91 Å². The van der Waals surface area contributed by atoms with Crippen LogP contribution in [0.3, 0.4) is 0 Å². The van der Waals surface area contributed by atoms with Crippen LogP contribution in [-0.2, 0) is 19.1 Å². The van der Waals surface area contributed by atoms with Crippen LogP contribution in [0.5, 0.6) is 0 Å². The minimum atomic E-state index is -0.843. The number of aromatic nitrogens is 4. The van der Waals surface area contributed by atoms with E-state index in [-0.39, 0.29) is 29.8 Å². The first-order valence-corrected chi connectivity index (χ1v) is 21.1. The second-order valence-electron chi connectivity index (χ2n) is 15.6. The van der Waals surface area contributed by atoms with E-state index in [9.17, 15) is 19.2 Å². The highest BCUT2D eigenvalue weighted by molar-refractivity contribution is 7.08. The van der Waals surface area contributed by atoms with Crippen molar-refractivity contribution in [1.82, 2.24) is 40.4 Å². The van der Waals surface area contributed by atoms with Gasteiger partial charge in [-0.15, -0.1) is 0 Å². The van der Waals surface area contributed by atoms with Gasteiger partial charge in [0.1, 0.15) is 23.7 Å². The molecule has 2 aliphatic heterocycles. The van der Waals surface area contributed by atoms with Crippen LogP contribution >= 0.6 is 11.3 Å². The quantitative estimate of drug-likeness (QED) is 0.101. The summed E-state index contributed by atoms with van der Waals surface area (Å²) in [5.41, 5.74) is 6.57. The number of carbonyl (C=O) groups is 4. The van der Waals surface area contributed by atoms with Crippen LogP contribution < -0.4 is 10.6 Å². The van der Waals surface area contributed by atoms with Gasteiger partial charge in [-0.25, -0.2) is 19.6 Å². The van der Waals surface area contributed by atoms with Crippen molar-refractivity contribution in [3.8, 4) is 33.6 Å². The Hall–Kier alpha value is -6.48. The van der Waals surface area contributed by atoms with Gasteiger partial charge in [0, 0.05) is 18.7 Å². The Balaban J connectivity index is 0.941. The van der Waals surface area contributed by atoms with Gasteiger partial charge in [-0.2, -0.15) is 11.3 Å². The summed E-state index contributed by atoms with van der Waals surface area (Å²) in [6.45, 7) is 4.97. The fraction of sp³-hybridized carbons (Fsp3) is 0.333. The molecule has 0 radical (unpaired) electrons. The van der Waals surface area contributed by atoms with Gasteiger partial charge in [-0.05, 0) is 93.6 Å². The van der Waals surface area contributed by atoms with Crippen molar-refractivity contribution < 1.29 is 28.7 Å². The first-order chi connectivity index (χ1) is 29.1. The van der Waals surface area contributed by atoms with E-state index >= 15 is 0 Å². The van der Waals surface area contributed by atoms with Gasteiger partial charge >= 0.3 is 12.2 Å². The van der Waals surface area contributed by atoms with Crippen molar-refractivity contribution >= 4 is 46.1 Å². The molecule has 3 aromatic carbocycles. The van der Waals surface area contributed by atoms with E-state index in [0.717, 1.165) is 81.5 Å². The predicted molar refractivity (Wildman–Crippen MR) is 229 cm³/mol. The van der Waals surface area contributed by atoms with E-state index in [0.29, 0.717) is 18.9 Å². The van der Waals surface area contributed by atoms with Gasteiger partial charge in [0.2, 0.25) is 5.91 Å². The maximum absolute atomic E-state index is 13.8. The Labute approximate surface area is 351 Å². The van der Waals surface area contributed by atoms with E-state index in [1.165, 1.54) is 25.6 Å². The van der Waals surface area contributed by atoms with E-state index < -0.39 is 24.3 Å². The lowest BCUT2D eigenvalue weighted by Crippen LogP contribution is -2.51. The SMILES string of the molecule is COC(=O)NC(C(=O)N1CCCC1c1ncc(-c2ccc(-c3ccc4cc(-c5cnc(C6CCCN6C(=O)C(NC(=O)OC)C(C)C)[nH]5)ccc4c3)cc2)[nH]1)c1ccsc1. The van der Waals surface area contributed by atoms with E-state index in [4.69, 9.17) is 19.4 Å². The van der Waals surface area contributed by atoms with Crippen LogP contribution in [0, 0.1) is 5.92 Å². The number of H-pyrrole nitrogens is 2. The Bertz CT molecular complexity index is 2500. The van der Waals surface area contributed by atoms with Crippen molar-refractivity contribution in [1.29, 1.82) is 0 Å². The summed E-state index contributed by atoms with van der Waals surface area (Å²) in [6.07, 6.45) is 5.56. The van der Waals surface area contributed by atoms with Crippen molar-refractivity contribution in [2.75, 3.05) is 27.3 Å². The number of ether oxygens (including phenoxy) is 2. The number of thiophene rings is 1. The lowest BCUT2D eigenvalue weighted by Gasteiger charge is -2.30. The summed E-state index contributed by atoms with van der Waals surface area (Å²) >= 11 is 1.46. The number of hydrogen-bond donors (Lipinski definition) is 4. The first kappa shape index (κ1) is 40.3. The van der Waals surface area contributed by atoms with Crippen LogP contribution in [0.25, 0.3) is 44.4 Å². The highest BCUT2D eigenvalue weighted by atomic mass is 32.1. The van der Waals surface area contributed by atoms with Crippen molar-refractivity contribution in [2.24, 2.45) is 5.92 Å². The molecule has 15 heteroatoms. The first-order valence-electron chi connectivity index (χ1n) is 20.2. The molecule has 60 heavy (non-hydrogen) atoms. The van der Waals surface area contributed by atoms with Crippen molar-refractivity contribution in [3.05, 3.63) is 107 Å². The van der Waals surface area contributed by atoms with E-state index in [2.05, 4.69) is 81.3 Å². The number of carbonyl (C=O) groups excluding carboxylic acids is 4. The number of methoxy groups -OCH3 is 2. The smallest absolute Gasteiger partial charge is 0.407 e. The third-order valence-electron chi connectivity index (χ3n) is 11.5. The Morgan fingerprint density at radius 3 is 1.82 bits per heavy atom. The van der Waals surface area contributed by atoms with Crippen LogP contribution in [0.1, 0.15) is 74.9 Å². The lowest BCUT2D eigenvalue weighted by molar-refractivity contribution is -0.135. The molecule has 2 aliphatic rings. The minimum absolute atomic E-state index is 0.107. The predicted octanol–water partition coefficient (Wildman–Crippen LogP) is 8.15. The Kier molecular flexibility index (Phi) is 11.7. The number of benzene rings is 3. The summed E-state index contributed by atoms with van der Waals surface area (Å²) < 4.78 is 9.58. The standard InChI is InChI=1S/C45H48N8O6S/c1-26(2)38(50-44(56)58-3)42(54)52-18-5-7-36(52)41-47-24-35(49-41)32-16-15-30-21-29(13-14-31(30)22-32)27-9-11-28(12-10-27)34-23-46-40(48-34)37-8-6-19-53(37)43(55)39(51-45(57)59-4)33-17-20-60-25-33/h9-17,20-26,36-39H,5-8,18-19H2,1-4H3,(H,46,48)(H,47,49)(H,50,56)(H,51,57). The average molecular weight is 829 g/mol. The van der Waals surface area contributed by atoms with Crippen LogP contribution in [0.15, 0.2) is 89.9 Å². The molecule has 2 saturated heterocycles. The maximum atomic E-state index is 13.8. The molecule has 14 nitrogen and oxygen atoms in total. The second-order valence-corrected chi connectivity index (χ2v) is 16.4. The molecule has 4 N–H and O–H groups in total. The molecule has 0 spiro atoms. The number of aromatic amines is 2. The molecule has 0 bridgehead atoms. The highest BCUT2D eigenvalue weighted by Crippen LogP contribution is 2.36. The molecule has 6 aromatic rings. The van der Waals surface area contributed by atoms with Crippen LogP contribution in [0.4, 0.5) is 9.59 Å². The highest BCUT2D eigenvalue weighted by Gasteiger charge is 2.39. The third-order valence-corrected chi connectivity index (χ3v) is 12.2. The number of alkyl carbamates (subject to hydrolysis) is 2. The Morgan fingerprint density at radius 1 is 0.700 bits per heavy atom. The topological polar surface area (TPSA) is 175 Å². The Morgan fingerprint density at radius 2 is 1.23 bits per heavy atom. The molecule has 2 fully saturated rings. The number of imidazole rings is 2. The maximum Gasteiger partial charge on any atom is 0.407 e. The second kappa shape index (κ2) is 17.4. The molecule has 8 rings (SSSR count). The summed E-state index contributed by atoms with van der Waals surface area (Å²) in [4.78, 5) is 71.5. The largest absolute Gasteiger partial charge is 0.453 e. The van der Waals surface area contributed by atoms with Crippen LogP contribution in [-0.4, -0.2) is 87.1 Å². The van der Waals surface area contributed by atoms with Gasteiger partial charge in [0.15, 0.2) is 0 Å². The number of rotatable bonds is 11. The lowest BCUT2D eigenvalue weighted by atomic mass is 9.98. The normalized spacial score (nSPS) is 17.5. The molecular weight excluding hydrogens is 781 g/mol. The van der Waals surface area contributed by atoms with Gasteiger partial charge in [0.05, 0.1) is 50.1 Å². The molecule has 4 unspecified atom stereocenters. The molecule has 0 aliphatic carbocycles. The van der Waals surface area contributed by atoms with Crippen molar-refractivity contribution in [3.63, 3.8) is 0 Å². The number of likely N-dealkylation sites (tertiary alicyclic amines) is 2. The summed E-state index contributed by atoms with van der Waals surface area (Å²) in [6, 6.07) is 20.9. The van der Waals surface area contributed by atoms with E-state index in [1.54, 1.807) is 11.1 Å². The monoisotopic (exact) mass is 828 g/mol. The zero-order valence-corrected chi connectivity index (χ0v) is 34.8. The fourth-order valence-corrected chi connectivity index (χ4v) is 9.00. The molecule has 4 amide bonds. The van der Waals surface area contributed by atoms with Gasteiger partial charge in [-0.3, -0.25) is 9.59 Å². The summed E-state index contributed by atoms with van der Waals surface area (Å²) in [7, 11) is 2.58. The molecule has 4 atom stereocenters. The van der Waals surface area contributed by atoms with Gasteiger partial charge in [-0.1, -0.05) is 62.4 Å². The van der Waals surface area contributed by atoms with E-state index in [1.807, 2.05) is 41.8 Å². The number of nitrogens with zero attached hydrogens (tertiary/aromatic N) is 4. The number of fused-ring (bicyclic) bond motifs is 1. The molecular formula is C45H48N8O6S. The molecule has 310 valence electrons. The number of amides is 4. The zero-order chi connectivity index (χ0) is 41.9. The van der Waals surface area contributed by atoms with Crippen molar-refractivity contribution in [2.45, 2.75) is 63.7 Å². The summed E-state index contributed by atoms with van der Waals surface area (Å²) in [5, 5.41) is 11.3. The molecule has 3 aromatic heterocycles. The molecule has 0 saturated carbocycles. The van der Waals surface area contributed by atoms with Crippen LogP contribution in [0.2, 0.25) is 0 Å². The zero-order valence-electron chi connectivity index (χ0n) is 33.9. The average Bonchev–Trinajstić information content (AvgIpc) is 4.13. The number of hydrogen-bond acceptors (Lipinski definition) is 9. The number of nitrogens with one attached hydrogen (secondary N) is 4. The fourth-order valence-electron chi connectivity index (χ4n) is 8.32. The van der Waals surface area contributed by atoms with Gasteiger partial charge < -0.3 is 39.9 Å².